The molecule has 0 bridgehead atoms. The molecule has 3 unspecified atom stereocenters. The van der Waals surface area contributed by atoms with E-state index in [0.717, 1.165) is 30.5 Å². The normalized spacial score (nSPS) is 22.0. The number of rotatable bonds is 10. The van der Waals surface area contributed by atoms with Gasteiger partial charge in [-0.2, -0.15) is 13.2 Å². The van der Waals surface area contributed by atoms with Gasteiger partial charge >= 0.3 is 6.18 Å². The van der Waals surface area contributed by atoms with Crippen LogP contribution in [0.3, 0.4) is 0 Å². The Hall–Kier alpha value is -2.13. The van der Waals surface area contributed by atoms with Gasteiger partial charge in [-0.1, -0.05) is 64.3 Å². The fourth-order valence-electron chi connectivity index (χ4n) is 6.39. The van der Waals surface area contributed by atoms with E-state index in [4.69, 9.17) is 0 Å². The minimum atomic E-state index is -4.54. The van der Waals surface area contributed by atoms with Crippen LogP contribution < -0.4 is 5.32 Å². The summed E-state index contributed by atoms with van der Waals surface area (Å²) in [6, 6.07) is 4.17. The lowest BCUT2D eigenvalue weighted by Crippen LogP contribution is -2.52. The van der Waals surface area contributed by atoms with Gasteiger partial charge in [0.05, 0.1) is 11.3 Å². The van der Waals surface area contributed by atoms with Gasteiger partial charge in [0, 0.05) is 30.1 Å². The van der Waals surface area contributed by atoms with E-state index in [-0.39, 0.29) is 23.3 Å². The maximum absolute atomic E-state index is 13.4. The Bertz CT molecular complexity index is 1180. The van der Waals surface area contributed by atoms with Crippen molar-refractivity contribution in [3.05, 3.63) is 58.7 Å². The van der Waals surface area contributed by atoms with Gasteiger partial charge < -0.3 is 5.32 Å². The predicted molar refractivity (Wildman–Crippen MR) is 150 cm³/mol. The lowest BCUT2D eigenvalue weighted by Gasteiger charge is -2.44. The molecule has 0 aromatic heterocycles. The number of halogens is 3. The number of benzene rings is 1. The summed E-state index contributed by atoms with van der Waals surface area (Å²) in [5.41, 5.74) is 1.03. The van der Waals surface area contributed by atoms with Crippen molar-refractivity contribution in [1.82, 2.24) is 9.62 Å². The number of hydrogen-bond acceptors (Lipinski definition) is 3. The van der Waals surface area contributed by atoms with E-state index in [2.05, 4.69) is 32.2 Å². The van der Waals surface area contributed by atoms with Gasteiger partial charge in [-0.15, -0.1) is 0 Å². The molecular weight excluding hydrogens is 525 g/mol. The average molecular weight is 569 g/mol. The summed E-state index contributed by atoms with van der Waals surface area (Å²) >= 11 is 0. The van der Waals surface area contributed by atoms with Crippen LogP contribution in [0.2, 0.25) is 0 Å². The van der Waals surface area contributed by atoms with E-state index in [1.54, 1.807) is 4.31 Å². The summed E-state index contributed by atoms with van der Waals surface area (Å²) in [5, 5.41) is 3.11. The van der Waals surface area contributed by atoms with Crippen molar-refractivity contribution in [2.75, 3.05) is 18.8 Å². The largest absolute Gasteiger partial charge is 0.416 e. The smallest absolute Gasteiger partial charge is 0.348 e. The topological polar surface area (TPSA) is 66.5 Å². The first-order valence-electron chi connectivity index (χ1n) is 14.1. The molecule has 1 aromatic carbocycles. The van der Waals surface area contributed by atoms with Gasteiger partial charge in [0.1, 0.15) is 0 Å². The molecule has 3 atom stereocenters. The highest BCUT2D eigenvalue weighted by atomic mass is 32.2. The average Bonchev–Trinajstić information content (AvgIpc) is 3.16. The molecular formula is C30H43F3N2O3S. The number of hydrogen-bond donors (Lipinski definition) is 1. The molecule has 9 heteroatoms. The fraction of sp³-hybridized carbons (Fsp3) is 0.633. The lowest BCUT2D eigenvalue weighted by molar-refractivity contribution is -0.137. The number of nitrogens with one attached hydrogen (secondary N) is 1. The summed E-state index contributed by atoms with van der Waals surface area (Å²) in [4.78, 5) is 13.4. The third-order valence-electron chi connectivity index (χ3n) is 8.68. The molecule has 1 heterocycles. The summed E-state index contributed by atoms with van der Waals surface area (Å²) in [6.45, 7) is 11.1. The Morgan fingerprint density at radius 3 is 2.41 bits per heavy atom. The van der Waals surface area contributed by atoms with Crippen molar-refractivity contribution in [3.63, 3.8) is 0 Å². The van der Waals surface area contributed by atoms with Crippen LogP contribution in [-0.4, -0.2) is 43.5 Å². The van der Waals surface area contributed by atoms with Gasteiger partial charge in [0.25, 0.3) is 5.91 Å². The van der Waals surface area contributed by atoms with Crippen LogP contribution in [0.25, 0.3) is 0 Å². The second-order valence-corrected chi connectivity index (χ2v) is 13.3. The van der Waals surface area contributed by atoms with Crippen molar-refractivity contribution in [3.8, 4) is 0 Å². The lowest BCUT2D eigenvalue weighted by atomic mass is 9.70. The van der Waals surface area contributed by atoms with Crippen molar-refractivity contribution >= 4 is 15.9 Å². The van der Waals surface area contributed by atoms with Crippen LogP contribution in [0.4, 0.5) is 13.2 Å². The van der Waals surface area contributed by atoms with E-state index in [9.17, 15) is 26.4 Å². The van der Waals surface area contributed by atoms with E-state index in [1.165, 1.54) is 17.7 Å². The van der Waals surface area contributed by atoms with Crippen LogP contribution in [-0.2, 0) is 16.2 Å². The van der Waals surface area contributed by atoms with E-state index in [1.807, 2.05) is 19.9 Å². The molecule has 1 N–H and O–H groups in total. The number of carbonyl (C=O) groups excluding carboxylic acids is 1. The summed E-state index contributed by atoms with van der Waals surface area (Å²) in [7, 11) is -3.36. The number of piperidine rings is 1. The third kappa shape index (κ3) is 6.79. The molecule has 3 rings (SSSR count). The summed E-state index contributed by atoms with van der Waals surface area (Å²) in [5.74, 6) is 0.238. The maximum Gasteiger partial charge on any atom is 0.416 e. The van der Waals surface area contributed by atoms with Gasteiger partial charge in [0.15, 0.2) is 0 Å². The minimum absolute atomic E-state index is 0.0311. The zero-order valence-electron chi connectivity index (χ0n) is 23.8. The molecule has 1 fully saturated rings. The Kier molecular flexibility index (Phi) is 10.1. The number of allylic oxidation sites excluding steroid dienone is 2. The Morgan fingerprint density at radius 1 is 1.18 bits per heavy atom. The Balaban J connectivity index is 2.00. The fourth-order valence-corrected chi connectivity index (χ4v) is 7.90. The third-order valence-corrected chi connectivity index (χ3v) is 10.8. The number of nitrogens with zero attached hydrogens (tertiary/aromatic N) is 1. The molecule has 0 radical (unpaired) electrons. The quantitative estimate of drug-likeness (QED) is 0.331. The SMILES string of the molecule is C/C=C\C1=C(C(C)C(C)CCC)CC(NC(=O)c2cccc(C(F)(F)F)c2)C12CCN(S(=O)(=O)CCC)CC2. The molecule has 1 aliphatic carbocycles. The van der Waals surface area contributed by atoms with E-state index in [0.29, 0.717) is 44.7 Å². The first-order chi connectivity index (χ1) is 18.3. The number of alkyl halides is 3. The van der Waals surface area contributed by atoms with Crippen molar-refractivity contribution in [1.29, 1.82) is 0 Å². The van der Waals surface area contributed by atoms with Gasteiger partial charge in [-0.05, 0) is 68.2 Å². The molecule has 5 nitrogen and oxygen atoms in total. The van der Waals surface area contributed by atoms with Gasteiger partial charge in [-0.25, -0.2) is 12.7 Å². The Morgan fingerprint density at radius 2 is 1.85 bits per heavy atom. The van der Waals surface area contributed by atoms with Crippen LogP contribution >= 0.6 is 0 Å². The standard InChI is InChI=1S/C30H43F3N2O3S/c1-6-10-21(4)22(5)25-20-27(34-28(36)23-12-9-13-24(19-23)30(31,32)33)29(26(25)11-7-2)14-16-35(17-15-29)39(37,38)18-8-3/h7,9,11-13,19,21-22,27H,6,8,10,14-18,20H2,1-5H3,(H,34,36)/b11-7-. The van der Waals surface area contributed by atoms with Crippen molar-refractivity contribution in [2.45, 2.75) is 85.4 Å². The molecule has 1 amide bonds. The highest BCUT2D eigenvalue weighted by Crippen LogP contribution is 2.54. The van der Waals surface area contributed by atoms with Crippen LogP contribution in [0.15, 0.2) is 47.6 Å². The molecule has 1 aliphatic heterocycles. The van der Waals surface area contributed by atoms with Gasteiger partial charge in [-0.3, -0.25) is 4.79 Å². The highest BCUT2D eigenvalue weighted by molar-refractivity contribution is 7.89. The second-order valence-electron chi connectivity index (χ2n) is 11.2. The van der Waals surface area contributed by atoms with Crippen LogP contribution in [0.5, 0.6) is 0 Å². The van der Waals surface area contributed by atoms with Crippen LogP contribution in [0.1, 0.15) is 89.1 Å². The Labute approximate surface area is 232 Å². The zero-order valence-corrected chi connectivity index (χ0v) is 24.6. The molecule has 1 saturated heterocycles. The predicted octanol–water partition coefficient (Wildman–Crippen LogP) is 6.97. The summed E-state index contributed by atoms with van der Waals surface area (Å²) in [6.07, 6.45) is 3.90. The summed E-state index contributed by atoms with van der Waals surface area (Å²) < 4.78 is 67.2. The van der Waals surface area contributed by atoms with Crippen molar-refractivity contribution < 1.29 is 26.4 Å². The monoisotopic (exact) mass is 568 g/mol. The maximum atomic E-state index is 13.4. The van der Waals surface area contributed by atoms with E-state index < -0.39 is 33.1 Å². The highest BCUT2D eigenvalue weighted by Gasteiger charge is 2.51. The van der Waals surface area contributed by atoms with Crippen molar-refractivity contribution in [2.24, 2.45) is 17.3 Å². The molecule has 218 valence electrons. The molecule has 2 aliphatic rings. The van der Waals surface area contributed by atoms with Crippen LogP contribution in [0, 0.1) is 17.3 Å². The number of amides is 1. The zero-order chi connectivity index (χ0) is 29.0. The number of sulfonamides is 1. The first-order valence-corrected chi connectivity index (χ1v) is 15.7. The molecule has 1 aromatic rings. The minimum Gasteiger partial charge on any atom is -0.348 e. The van der Waals surface area contributed by atoms with E-state index >= 15 is 0 Å². The first kappa shape index (κ1) is 31.4. The number of carbonyl (C=O) groups is 1. The molecule has 1 spiro atoms. The second kappa shape index (κ2) is 12.6. The molecule has 0 saturated carbocycles. The van der Waals surface area contributed by atoms with Gasteiger partial charge in [0.2, 0.25) is 10.0 Å². The molecule has 39 heavy (non-hydrogen) atoms.